The summed E-state index contributed by atoms with van der Waals surface area (Å²) in [6.45, 7) is 24.7. The highest BCUT2D eigenvalue weighted by Crippen LogP contribution is 2.42. The van der Waals surface area contributed by atoms with Crippen LogP contribution in [0.5, 0.6) is 0 Å². The number of rotatable bonds is 20. The van der Waals surface area contributed by atoms with Crippen molar-refractivity contribution in [3.8, 4) is 0 Å². The molecule has 0 bridgehead atoms. The minimum absolute atomic E-state index is 0.129. The largest absolute Gasteiger partial charge is 0.458 e. The molecule has 2 aromatic heterocycles. The summed E-state index contributed by atoms with van der Waals surface area (Å²) < 4.78 is 34.9. The van der Waals surface area contributed by atoms with Crippen molar-refractivity contribution in [2.24, 2.45) is 0 Å². The van der Waals surface area contributed by atoms with E-state index in [4.69, 9.17) is 28.8 Å². The third-order valence-corrected chi connectivity index (χ3v) is 19.8. The molecule has 0 spiro atoms. The van der Waals surface area contributed by atoms with Gasteiger partial charge in [0, 0.05) is 19.6 Å². The molecule has 3 heterocycles. The van der Waals surface area contributed by atoms with E-state index in [-0.39, 0.29) is 18.8 Å². The van der Waals surface area contributed by atoms with Crippen molar-refractivity contribution >= 4 is 45.7 Å². The van der Waals surface area contributed by atoms with E-state index >= 15 is 0 Å². The predicted molar refractivity (Wildman–Crippen MR) is 215 cm³/mol. The van der Waals surface area contributed by atoms with Gasteiger partial charge in [-0.3, -0.25) is 9.47 Å². The van der Waals surface area contributed by atoms with Gasteiger partial charge in [-0.15, -0.1) is 0 Å². The number of nitrogens with zero attached hydrogens (tertiary/aromatic N) is 5. The van der Waals surface area contributed by atoms with Crippen molar-refractivity contribution in [3.63, 3.8) is 0 Å². The summed E-state index contributed by atoms with van der Waals surface area (Å²) in [6, 6.07) is 4.62. The Hall–Kier alpha value is -2.68. The summed E-state index contributed by atoms with van der Waals surface area (Å²) in [4.78, 5) is 41.6. The predicted octanol–water partition coefficient (Wildman–Crippen LogP) is 6.01. The number of amides is 1. The van der Waals surface area contributed by atoms with Gasteiger partial charge < -0.3 is 39.2 Å². The number of imidazole rings is 1. The minimum atomic E-state index is -2.24. The number of hydrogen-bond acceptors (Lipinski definition) is 13. The number of ether oxygens (including phenoxy) is 3. The number of nitrogens with one attached hydrogen (secondary N) is 1. The van der Waals surface area contributed by atoms with Crippen LogP contribution in [-0.4, -0.2) is 120 Å². The third kappa shape index (κ3) is 11.9. The first kappa shape index (κ1) is 45.7. The molecule has 0 aliphatic carbocycles. The zero-order valence-electron chi connectivity index (χ0n) is 34.9. The summed E-state index contributed by atoms with van der Waals surface area (Å²) in [5.41, 5.74) is 5.73. The Kier molecular flexibility index (Phi) is 16.5. The van der Waals surface area contributed by atoms with Crippen molar-refractivity contribution in [1.82, 2.24) is 29.7 Å². The van der Waals surface area contributed by atoms with Gasteiger partial charge in [-0.05, 0) is 84.2 Å². The van der Waals surface area contributed by atoms with E-state index in [0.29, 0.717) is 30.8 Å². The fourth-order valence-corrected chi connectivity index (χ4v) is 12.7. The first-order valence-electron chi connectivity index (χ1n) is 19.8. The molecule has 1 unspecified atom stereocenters. The van der Waals surface area contributed by atoms with Crippen LogP contribution in [-0.2, 0) is 27.9 Å². The lowest BCUT2D eigenvalue weighted by Crippen LogP contribution is -2.53. The Morgan fingerprint density at radius 1 is 0.889 bits per heavy atom. The molecule has 1 saturated heterocycles. The van der Waals surface area contributed by atoms with E-state index in [9.17, 15) is 14.7 Å². The van der Waals surface area contributed by atoms with Gasteiger partial charge in [-0.1, -0.05) is 41.5 Å². The molecular formula is C37H69N7O8Si2. The highest BCUT2D eigenvalue weighted by atomic mass is 28.4. The van der Waals surface area contributed by atoms with Gasteiger partial charge in [0.1, 0.15) is 47.4 Å². The summed E-state index contributed by atoms with van der Waals surface area (Å²) >= 11 is 0. The molecule has 4 N–H and O–H groups in total. The van der Waals surface area contributed by atoms with Crippen LogP contribution in [0.4, 0.5) is 10.6 Å². The molecule has 17 heteroatoms. The van der Waals surface area contributed by atoms with Crippen molar-refractivity contribution in [2.75, 3.05) is 32.0 Å². The van der Waals surface area contributed by atoms with E-state index in [0.717, 1.165) is 36.3 Å². The number of aliphatic hydroxyl groups is 1. The van der Waals surface area contributed by atoms with Gasteiger partial charge in [-0.2, -0.15) is 0 Å². The first-order valence-corrected chi connectivity index (χ1v) is 24.9. The quantitative estimate of drug-likeness (QED) is 0.105. The topological polar surface area (TPSA) is 185 Å². The number of aromatic nitrogens is 4. The van der Waals surface area contributed by atoms with E-state index in [1.807, 2.05) is 9.47 Å². The Morgan fingerprint density at radius 2 is 1.44 bits per heavy atom. The van der Waals surface area contributed by atoms with Crippen LogP contribution < -0.4 is 11.1 Å². The van der Waals surface area contributed by atoms with Crippen molar-refractivity contribution in [3.05, 3.63) is 12.7 Å². The zero-order valence-corrected chi connectivity index (χ0v) is 36.9. The third-order valence-electron chi connectivity index (χ3n) is 10.6. The number of aliphatic hydroxyl groups excluding tert-OH is 1. The van der Waals surface area contributed by atoms with Crippen LogP contribution >= 0.6 is 0 Å². The number of alkyl carbamates (subject to hydrolysis) is 1. The number of esters is 1. The molecular weight excluding hydrogens is 727 g/mol. The zero-order chi connectivity index (χ0) is 40.5. The maximum absolute atomic E-state index is 13.4. The fourth-order valence-electron chi connectivity index (χ4n) is 7.05. The molecule has 0 aromatic carbocycles. The lowest BCUT2D eigenvalue weighted by molar-refractivity contribution is -0.157. The van der Waals surface area contributed by atoms with Crippen LogP contribution in [0.1, 0.15) is 95.7 Å². The van der Waals surface area contributed by atoms with Gasteiger partial charge in [-0.25, -0.2) is 24.5 Å². The second-order valence-corrected chi connectivity index (χ2v) is 25.8. The Morgan fingerprint density at radius 3 is 1.96 bits per heavy atom. The smallest absolute Gasteiger partial charge is 0.408 e. The number of anilines is 1. The second kappa shape index (κ2) is 19.5. The van der Waals surface area contributed by atoms with Gasteiger partial charge in [0.15, 0.2) is 34.3 Å². The van der Waals surface area contributed by atoms with Crippen molar-refractivity contribution in [1.29, 1.82) is 0 Å². The molecule has 1 aliphatic rings. The van der Waals surface area contributed by atoms with E-state index in [1.165, 1.54) is 6.33 Å². The first-order chi connectivity index (χ1) is 25.3. The molecule has 1 aliphatic heterocycles. The molecule has 0 saturated carbocycles. The van der Waals surface area contributed by atoms with E-state index in [1.54, 1.807) is 47.9 Å². The van der Waals surface area contributed by atoms with Gasteiger partial charge >= 0.3 is 12.1 Å². The standard InChI is InChI=1S/C37H69N7O8Si2/c1-13-53(14-2,15-3)51-29-27(23-43(21-22-45)20-19-26(34(46)49-36(7,8)9)42-35(47)50-37(10,11)12)48-33(30(29)52-54(16-4,17-5)18-6)44-25-41-28-31(38)39-24-40-32(28)44/h24-27,29-30,33,45H,13-23H2,1-12H3,(H,42,47)(H2,38,39,40)/t26-,27+,29?,30+,33+/m0/s1. The Labute approximate surface area is 324 Å². The summed E-state index contributed by atoms with van der Waals surface area (Å²) in [5.74, 6) is -0.289. The highest BCUT2D eigenvalue weighted by molar-refractivity contribution is 6.74. The fraction of sp³-hybridized carbons (Fsp3) is 0.811. The number of fused-ring (bicyclic) bond motifs is 1. The van der Waals surface area contributed by atoms with Gasteiger partial charge in [0.25, 0.3) is 0 Å². The minimum Gasteiger partial charge on any atom is -0.458 e. The maximum Gasteiger partial charge on any atom is 0.408 e. The molecule has 15 nitrogen and oxygen atoms in total. The number of nitrogen functional groups attached to an aromatic ring is 1. The lowest BCUT2D eigenvalue weighted by atomic mass is 10.1. The van der Waals surface area contributed by atoms with Crippen LogP contribution in [0.3, 0.4) is 0 Å². The van der Waals surface area contributed by atoms with Crippen LogP contribution in [0.25, 0.3) is 11.2 Å². The van der Waals surface area contributed by atoms with E-state index in [2.05, 4.69) is 61.8 Å². The molecule has 5 atom stereocenters. The average molecular weight is 796 g/mol. The number of carbonyl (C=O) groups excluding carboxylic acids is 2. The van der Waals surface area contributed by atoms with Crippen LogP contribution in [0, 0.1) is 0 Å². The SMILES string of the molecule is CC[Si](CC)(CC)OC1[C@@H](O[Si](CC)(CC)CC)[C@H](n2cnc3c(N)ncnc32)O[C@@H]1CN(CCO)CC[C@H](NC(=O)OC(C)(C)C)C(=O)OC(C)(C)C. The van der Waals surface area contributed by atoms with Gasteiger partial charge in [0.05, 0.1) is 12.9 Å². The summed E-state index contributed by atoms with van der Waals surface area (Å²) in [6.07, 6.45) is 0.551. The van der Waals surface area contributed by atoms with Crippen molar-refractivity contribution in [2.45, 2.75) is 168 Å². The highest BCUT2D eigenvalue weighted by Gasteiger charge is 2.53. The second-order valence-electron chi connectivity index (χ2n) is 16.3. The van der Waals surface area contributed by atoms with Crippen LogP contribution in [0.2, 0.25) is 36.3 Å². The van der Waals surface area contributed by atoms with E-state index < -0.39 is 70.5 Å². The Bertz CT molecular complexity index is 1480. The normalized spacial score (nSPS) is 20.4. The van der Waals surface area contributed by atoms with Crippen LogP contribution in [0.15, 0.2) is 12.7 Å². The van der Waals surface area contributed by atoms with Gasteiger partial charge in [0.2, 0.25) is 0 Å². The molecule has 1 fully saturated rings. The lowest BCUT2D eigenvalue weighted by Gasteiger charge is -2.40. The molecule has 3 rings (SSSR count). The molecule has 54 heavy (non-hydrogen) atoms. The summed E-state index contributed by atoms with van der Waals surface area (Å²) in [5, 5.41) is 13.0. The number of hydrogen-bond donors (Lipinski definition) is 3. The molecule has 0 radical (unpaired) electrons. The maximum atomic E-state index is 13.4. The number of nitrogens with two attached hydrogens (primary N) is 1. The molecule has 1 amide bonds. The Balaban J connectivity index is 2.08. The monoisotopic (exact) mass is 795 g/mol. The summed E-state index contributed by atoms with van der Waals surface area (Å²) in [7, 11) is -4.47. The van der Waals surface area contributed by atoms with Crippen molar-refractivity contribution < 1.29 is 37.8 Å². The molecule has 2 aromatic rings. The average Bonchev–Trinajstić information content (AvgIpc) is 3.67. The number of carbonyl (C=O) groups is 2. The molecule has 308 valence electrons.